The van der Waals surface area contributed by atoms with Crippen LogP contribution in [0, 0.1) is 5.82 Å². The van der Waals surface area contributed by atoms with Crippen molar-refractivity contribution in [2.45, 2.75) is 11.4 Å². The standard InChI is InChI=1S/C26H21BrFN5O4S/c1-32-24-19-6-4-15(8-21(19)31-25(27)20(24)13-30-32)14-33(26(34)16-9-18(37-2)12-29-11-16)22-7-5-17(28)10-23(22)38(3,35)36/h4-13H,14H2,1-3H3. The molecule has 0 atom stereocenters. The second-order valence-corrected chi connectivity index (χ2v) is 11.4. The minimum Gasteiger partial charge on any atom is -0.495 e. The number of carbonyl (C=O) groups excluding carboxylic acids is 1. The lowest BCUT2D eigenvalue weighted by Crippen LogP contribution is -2.32. The molecular weight excluding hydrogens is 577 g/mol. The van der Waals surface area contributed by atoms with Gasteiger partial charge in [-0.05, 0) is 51.8 Å². The lowest BCUT2D eigenvalue weighted by molar-refractivity contribution is 0.0984. The van der Waals surface area contributed by atoms with Crippen LogP contribution in [0.15, 0.2) is 70.6 Å². The molecule has 1 amide bonds. The van der Waals surface area contributed by atoms with E-state index < -0.39 is 21.6 Å². The Balaban J connectivity index is 1.67. The van der Waals surface area contributed by atoms with E-state index in [0.717, 1.165) is 34.7 Å². The molecule has 9 nitrogen and oxygen atoms in total. The molecule has 0 aliphatic heterocycles. The van der Waals surface area contributed by atoms with E-state index in [4.69, 9.17) is 4.74 Å². The van der Waals surface area contributed by atoms with Crippen LogP contribution in [-0.2, 0) is 23.4 Å². The number of ether oxygens (including phenoxy) is 1. The largest absolute Gasteiger partial charge is 0.495 e. The highest BCUT2D eigenvalue weighted by atomic mass is 79.9. The summed E-state index contributed by atoms with van der Waals surface area (Å²) in [5.41, 5.74) is 2.43. The van der Waals surface area contributed by atoms with Crippen LogP contribution < -0.4 is 9.64 Å². The summed E-state index contributed by atoms with van der Waals surface area (Å²) in [5, 5.41) is 6.04. The summed E-state index contributed by atoms with van der Waals surface area (Å²) in [6.45, 7) is -0.0249. The Morgan fingerprint density at radius 2 is 1.89 bits per heavy atom. The first kappa shape index (κ1) is 25.7. The van der Waals surface area contributed by atoms with Gasteiger partial charge < -0.3 is 9.64 Å². The summed E-state index contributed by atoms with van der Waals surface area (Å²) in [7, 11) is -0.599. The van der Waals surface area contributed by atoms with Crippen molar-refractivity contribution < 1.29 is 22.3 Å². The molecule has 194 valence electrons. The third-order valence-corrected chi connectivity index (χ3v) is 7.82. The van der Waals surface area contributed by atoms with Crippen molar-refractivity contribution in [1.29, 1.82) is 0 Å². The van der Waals surface area contributed by atoms with E-state index >= 15 is 0 Å². The van der Waals surface area contributed by atoms with E-state index in [0.29, 0.717) is 21.4 Å². The van der Waals surface area contributed by atoms with Gasteiger partial charge in [0.25, 0.3) is 5.91 Å². The molecule has 0 saturated heterocycles. The second-order valence-electron chi connectivity index (χ2n) is 8.67. The number of anilines is 1. The number of fused-ring (bicyclic) bond motifs is 3. The van der Waals surface area contributed by atoms with Gasteiger partial charge >= 0.3 is 0 Å². The van der Waals surface area contributed by atoms with Crippen LogP contribution in [0.4, 0.5) is 10.1 Å². The highest BCUT2D eigenvalue weighted by molar-refractivity contribution is 9.10. The Morgan fingerprint density at radius 1 is 1.11 bits per heavy atom. The first-order valence-corrected chi connectivity index (χ1v) is 14.0. The van der Waals surface area contributed by atoms with Crippen molar-refractivity contribution in [2.75, 3.05) is 18.3 Å². The van der Waals surface area contributed by atoms with Gasteiger partial charge in [-0.3, -0.25) is 14.5 Å². The first-order valence-electron chi connectivity index (χ1n) is 11.3. The van der Waals surface area contributed by atoms with Gasteiger partial charge in [-0.1, -0.05) is 12.1 Å². The van der Waals surface area contributed by atoms with Crippen LogP contribution in [-0.4, -0.2) is 47.4 Å². The summed E-state index contributed by atoms with van der Waals surface area (Å²) in [6, 6.07) is 10.3. The summed E-state index contributed by atoms with van der Waals surface area (Å²) in [6.07, 6.45) is 5.51. The van der Waals surface area contributed by atoms with Crippen molar-refractivity contribution in [3.63, 3.8) is 0 Å². The predicted molar refractivity (Wildman–Crippen MR) is 145 cm³/mol. The number of halogens is 2. The molecule has 5 rings (SSSR count). The van der Waals surface area contributed by atoms with Gasteiger partial charge in [0, 0.05) is 24.9 Å². The van der Waals surface area contributed by atoms with Crippen LogP contribution in [0.1, 0.15) is 15.9 Å². The summed E-state index contributed by atoms with van der Waals surface area (Å²) in [4.78, 5) is 23.5. The van der Waals surface area contributed by atoms with Crippen molar-refractivity contribution in [3.05, 3.63) is 82.6 Å². The lowest BCUT2D eigenvalue weighted by Gasteiger charge is -2.25. The van der Waals surface area contributed by atoms with Crippen LogP contribution in [0.5, 0.6) is 5.75 Å². The smallest absolute Gasteiger partial charge is 0.260 e. The number of hydrogen-bond donors (Lipinski definition) is 0. The third kappa shape index (κ3) is 4.72. The molecular formula is C26H21BrFN5O4S. The van der Waals surface area contributed by atoms with E-state index in [9.17, 15) is 17.6 Å². The van der Waals surface area contributed by atoms with E-state index in [-0.39, 0.29) is 22.7 Å². The summed E-state index contributed by atoms with van der Waals surface area (Å²) < 4.78 is 46.9. The van der Waals surface area contributed by atoms with E-state index in [2.05, 4.69) is 31.0 Å². The molecule has 3 heterocycles. The molecule has 0 aliphatic rings. The van der Waals surface area contributed by atoms with Crippen LogP contribution in [0.3, 0.4) is 0 Å². The van der Waals surface area contributed by atoms with Crippen LogP contribution in [0.25, 0.3) is 21.8 Å². The molecule has 0 saturated carbocycles. The average Bonchev–Trinajstić information content (AvgIpc) is 3.29. The molecule has 0 unspecified atom stereocenters. The minimum atomic E-state index is -3.89. The number of rotatable bonds is 6. The van der Waals surface area contributed by atoms with Crippen LogP contribution in [0.2, 0.25) is 0 Å². The van der Waals surface area contributed by atoms with E-state index in [1.165, 1.54) is 36.5 Å². The van der Waals surface area contributed by atoms with Gasteiger partial charge in [0.15, 0.2) is 9.84 Å². The Hall–Kier alpha value is -3.90. The minimum absolute atomic E-state index is 0.0249. The number of aryl methyl sites for hydroxylation is 1. The molecule has 2 aromatic carbocycles. The number of pyridine rings is 2. The zero-order valence-corrected chi connectivity index (χ0v) is 22.9. The Morgan fingerprint density at radius 3 is 2.63 bits per heavy atom. The number of carbonyl (C=O) groups is 1. The van der Waals surface area contributed by atoms with Gasteiger partial charge in [0.05, 0.1) is 58.6 Å². The van der Waals surface area contributed by atoms with Gasteiger partial charge in [-0.15, -0.1) is 0 Å². The van der Waals surface area contributed by atoms with E-state index in [1.54, 1.807) is 10.9 Å². The number of sulfone groups is 1. The molecule has 12 heteroatoms. The van der Waals surface area contributed by atoms with Crippen molar-refractivity contribution >= 4 is 59.2 Å². The fraction of sp³-hybridized carbons (Fsp3) is 0.154. The van der Waals surface area contributed by atoms with Crippen molar-refractivity contribution in [2.24, 2.45) is 7.05 Å². The second kappa shape index (κ2) is 9.76. The Bertz CT molecular complexity index is 1840. The number of benzene rings is 2. The van der Waals surface area contributed by atoms with Gasteiger partial charge in [0.1, 0.15) is 16.2 Å². The maximum absolute atomic E-state index is 14.1. The summed E-state index contributed by atoms with van der Waals surface area (Å²) >= 11 is 3.50. The molecule has 0 bridgehead atoms. The quantitative estimate of drug-likeness (QED) is 0.262. The molecule has 38 heavy (non-hydrogen) atoms. The number of methoxy groups -OCH3 is 1. The molecule has 3 aromatic heterocycles. The molecule has 0 spiro atoms. The fourth-order valence-electron chi connectivity index (χ4n) is 4.30. The fourth-order valence-corrected chi connectivity index (χ4v) is 5.67. The van der Waals surface area contributed by atoms with Crippen molar-refractivity contribution in [1.82, 2.24) is 19.7 Å². The normalized spacial score (nSPS) is 11.7. The average molecular weight is 598 g/mol. The van der Waals surface area contributed by atoms with Crippen molar-refractivity contribution in [3.8, 4) is 5.75 Å². The SMILES string of the molecule is COc1cncc(C(=O)N(Cc2ccc3c(c2)nc(Br)c2cnn(C)c23)c2ccc(F)cc2S(C)(=O)=O)c1. The van der Waals surface area contributed by atoms with Crippen LogP contribution >= 0.6 is 15.9 Å². The van der Waals surface area contributed by atoms with E-state index in [1.807, 2.05) is 25.2 Å². The molecule has 0 aliphatic carbocycles. The maximum atomic E-state index is 14.1. The maximum Gasteiger partial charge on any atom is 0.260 e. The highest BCUT2D eigenvalue weighted by Gasteiger charge is 2.26. The van der Waals surface area contributed by atoms with Gasteiger partial charge in [0.2, 0.25) is 0 Å². The number of aromatic nitrogens is 4. The zero-order valence-electron chi connectivity index (χ0n) is 20.5. The molecule has 5 aromatic rings. The topological polar surface area (TPSA) is 107 Å². The third-order valence-electron chi connectivity index (χ3n) is 6.09. The predicted octanol–water partition coefficient (Wildman–Crippen LogP) is 4.68. The highest BCUT2D eigenvalue weighted by Crippen LogP contribution is 2.32. The first-order chi connectivity index (χ1) is 18.1. The lowest BCUT2D eigenvalue weighted by atomic mass is 10.1. The summed E-state index contributed by atoms with van der Waals surface area (Å²) in [5.74, 6) is -0.910. The monoisotopic (exact) mass is 597 g/mol. The Labute approximate surface area is 225 Å². The molecule has 0 fully saturated rings. The zero-order chi connectivity index (χ0) is 27.2. The van der Waals surface area contributed by atoms with Gasteiger partial charge in [-0.2, -0.15) is 5.10 Å². The number of amides is 1. The molecule has 0 N–H and O–H groups in total. The number of nitrogens with zero attached hydrogens (tertiary/aromatic N) is 5. The Kier molecular flexibility index (Phi) is 6.61. The molecule has 0 radical (unpaired) electrons. The number of hydrogen-bond acceptors (Lipinski definition) is 7. The van der Waals surface area contributed by atoms with Gasteiger partial charge in [-0.25, -0.2) is 17.8 Å².